The maximum Gasteiger partial charge on any atom is 0.338 e. The predicted octanol–water partition coefficient (Wildman–Crippen LogP) is 1.44. The average molecular weight is 260 g/mol. The number of aromatic nitrogens is 3. The number of nitrogens with one attached hydrogen (secondary N) is 2. The van der Waals surface area contributed by atoms with Gasteiger partial charge in [-0.25, -0.2) is 9.78 Å². The van der Waals surface area contributed by atoms with Gasteiger partial charge in [-0.3, -0.25) is 5.10 Å². The van der Waals surface area contributed by atoms with E-state index >= 15 is 0 Å². The van der Waals surface area contributed by atoms with Crippen LogP contribution in [-0.4, -0.2) is 28.3 Å². The first-order valence-corrected chi connectivity index (χ1v) is 5.97. The molecule has 2 rings (SSSR count). The van der Waals surface area contributed by atoms with Gasteiger partial charge >= 0.3 is 5.97 Å². The molecule has 0 aliphatic heterocycles. The largest absolute Gasteiger partial charge is 0.465 e. The van der Waals surface area contributed by atoms with Crippen molar-refractivity contribution in [1.82, 2.24) is 20.5 Å². The highest BCUT2D eigenvalue weighted by Gasteiger charge is 2.13. The number of methoxy groups -OCH3 is 1. The Kier molecular flexibility index (Phi) is 4.25. The van der Waals surface area contributed by atoms with E-state index < -0.39 is 0 Å². The maximum absolute atomic E-state index is 11.6. The smallest absolute Gasteiger partial charge is 0.338 e. The van der Waals surface area contributed by atoms with Crippen LogP contribution in [-0.2, 0) is 11.3 Å². The first kappa shape index (κ1) is 13.2. The zero-order chi connectivity index (χ0) is 13.7. The molecule has 6 nitrogen and oxygen atoms in total. The van der Waals surface area contributed by atoms with Crippen LogP contribution < -0.4 is 5.32 Å². The van der Waals surface area contributed by atoms with Crippen LogP contribution in [0, 0.1) is 0 Å². The van der Waals surface area contributed by atoms with Gasteiger partial charge in [0.25, 0.3) is 0 Å². The van der Waals surface area contributed by atoms with Crippen LogP contribution in [0.15, 0.2) is 30.6 Å². The summed E-state index contributed by atoms with van der Waals surface area (Å²) in [5.41, 5.74) is 1.46. The molecule has 1 heterocycles. The van der Waals surface area contributed by atoms with Crippen LogP contribution in [0.3, 0.4) is 0 Å². The van der Waals surface area contributed by atoms with Crippen LogP contribution in [0.25, 0.3) is 0 Å². The number of nitrogens with zero attached hydrogens (tertiary/aromatic N) is 2. The minimum Gasteiger partial charge on any atom is -0.465 e. The van der Waals surface area contributed by atoms with Gasteiger partial charge in [0.05, 0.1) is 18.7 Å². The van der Waals surface area contributed by atoms with Crippen LogP contribution in [0.2, 0.25) is 0 Å². The Labute approximate surface area is 111 Å². The van der Waals surface area contributed by atoms with Crippen LogP contribution in [0.1, 0.15) is 34.7 Å². The molecule has 0 saturated carbocycles. The fourth-order valence-electron chi connectivity index (χ4n) is 1.77. The molecule has 1 atom stereocenters. The normalized spacial score (nSPS) is 12.1. The van der Waals surface area contributed by atoms with Crippen molar-refractivity contribution in [2.75, 3.05) is 7.11 Å². The van der Waals surface area contributed by atoms with Crippen molar-refractivity contribution in [2.45, 2.75) is 19.5 Å². The summed E-state index contributed by atoms with van der Waals surface area (Å²) >= 11 is 0. The first-order valence-electron chi connectivity index (χ1n) is 5.97. The van der Waals surface area contributed by atoms with Crippen molar-refractivity contribution in [3.05, 3.63) is 47.5 Å². The van der Waals surface area contributed by atoms with Crippen molar-refractivity contribution in [3.63, 3.8) is 0 Å². The van der Waals surface area contributed by atoms with E-state index in [0.29, 0.717) is 12.1 Å². The van der Waals surface area contributed by atoms with E-state index in [4.69, 9.17) is 4.74 Å². The van der Waals surface area contributed by atoms with Gasteiger partial charge in [-0.15, -0.1) is 0 Å². The minimum atomic E-state index is -0.329. The zero-order valence-electron chi connectivity index (χ0n) is 10.9. The summed E-state index contributed by atoms with van der Waals surface area (Å²) in [6.07, 6.45) is 1.47. The van der Waals surface area contributed by atoms with E-state index in [-0.39, 0.29) is 12.0 Å². The van der Waals surface area contributed by atoms with Gasteiger partial charge in [-0.1, -0.05) is 18.2 Å². The third-order valence-corrected chi connectivity index (χ3v) is 2.87. The highest BCUT2D eigenvalue weighted by Crippen LogP contribution is 2.12. The molecule has 2 aromatic rings. The lowest BCUT2D eigenvalue weighted by Gasteiger charge is -2.13. The number of ether oxygens (including phenoxy) is 1. The Bertz CT molecular complexity index is 539. The quantitative estimate of drug-likeness (QED) is 0.795. The third-order valence-electron chi connectivity index (χ3n) is 2.87. The Balaban J connectivity index is 2.05. The SMILES string of the molecule is COC(=O)c1ccccc1CNC(C)c1ncn[nH]1. The minimum absolute atomic E-state index is 0.0215. The average Bonchev–Trinajstić information content (AvgIpc) is 2.98. The molecule has 0 aliphatic carbocycles. The molecular weight excluding hydrogens is 244 g/mol. The molecule has 0 fully saturated rings. The van der Waals surface area contributed by atoms with E-state index in [1.807, 2.05) is 25.1 Å². The van der Waals surface area contributed by atoms with Crippen LogP contribution in [0.4, 0.5) is 0 Å². The molecule has 1 aromatic heterocycles. The van der Waals surface area contributed by atoms with E-state index in [1.165, 1.54) is 13.4 Å². The highest BCUT2D eigenvalue weighted by atomic mass is 16.5. The Morgan fingerprint density at radius 2 is 2.26 bits per heavy atom. The number of esters is 1. The number of carbonyl (C=O) groups excluding carboxylic acids is 1. The van der Waals surface area contributed by atoms with E-state index in [0.717, 1.165) is 11.4 Å². The summed E-state index contributed by atoms with van der Waals surface area (Å²) in [4.78, 5) is 15.7. The number of hydrogen-bond acceptors (Lipinski definition) is 5. The summed E-state index contributed by atoms with van der Waals surface area (Å²) in [7, 11) is 1.38. The van der Waals surface area contributed by atoms with Crippen LogP contribution in [0.5, 0.6) is 0 Å². The monoisotopic (exact) mass is 260 g/mol. The molecule has 6 heteroatoms. The van der Waals surface area contributed by atoms with Crippen molar-refractivity contribution in [3.8, 4) is 0 Å². The predicted molar refractivity (Wildman–Crippen MR) is 69.4 cm³/mol. The Morgan fingerprint density at radius 1 is 1.47 bits per heavy atom. The molecule has 0 aliphatic rings. The second-order valence-corrected chi connectivity index (χ2v) is 4.12. The van der Waals surface area contributed by atoms with Crippen LogP contribution >= 0.6 is 0 Å². The summed E-state index contributed by atoms with van der Waals surface area (Å²) in [6.45, 7) is 2.52. The molecule has 19 heavy (non-hydrogen) atoms. The van der Waals surface area contributed by atoms with Crippen molar-refractivity contribution in [1.29, 1.82) is 0 Å². The highest BCUT2D eigenvalue weighted by molar-refractivity contribution is 5.90. The number of rotatable bonds is 5. The Morgan fingerprint density at radius 3 is 2.95 bits per heavy atom. The molecule has 0 saturated heterocycles. The maximum atomic E-state index is 11.6. The van der Waals surface area contributed by atoms with Crippen molar-refractivity contribution in [2.24, 2.45) is 0 Å². The second-order valence-electron chi connectivity index (χ2n) is 4.12. The molecule has 0 radical (unpaired) electrons. The number of hydrogen-bond donors (Lipinski definition) is 2. The summed E-state index contributed by atoms with van der Waals surface area (Å²) < 4.78 is 4.76. The van der Waals surface area contributed by atoms with E-state index in [1.54, 1.807) is 6.07 Å². The summed E-state index contributed by atoms with van der Waals surface area (Å²) in [5.74, 6) is 0.431. The van der Waals surface area contributed by atoms with Gasteiger partial charge in [0.2, 0.25) is 0 Å². The van der Waals surface area contributed by atoms with E-state index in [9.17, 15) is 4.79 Å². The summed E-state index contributed by atoms with van der Waals surface area (Å²) in [6, 6.07) is 7.38. The topological polar surface area (TPSA) is 79.9 Å². The summed E-state index contributed by atoms with van der Waals surface area (Å²) in [5, 5.41) is 9.89. The van der Waals surface area contributed by atoms with Crippen molar-refractivity contribution >= 4 is 5.97 Å². The van der Waals surface area contributed by atoms with Gasteiger partial charge in [0.1, 0.15) is 12.2 Å². The van der Waals surface area contributed by atoms with E-state index in [2.05, 4.69) is 20.5 Å². The lowest BCUT2D eigenvalue weighted by atomic mass is 10.1. The lowest BCUT2D eigenvalue weighted by Crippen LogP contribution is -2.21. The van der Waals surface area contributed by atoms with Gasteiger partial charge in [0, 0.05) is 6.54 Å². The number of benzene rings is 1. The van der Waals surface area contributed by atoms with Gasteiger partial charge in [-0.05, 0) is 18.6 Å². The Hall–Kier alpha value is -2.21. The molecule has 0 amide bonds. The van der Waals surface area contributed by atoms with Gasteiger partial charge in [0.15, 0.2) is 0 Å². The van der Waals surface area contributed by atoms with Crippen molar-refractivity contribution < 1.29 is 9.53 Å². The van der Waals surface area contributed by atoms with Gasteiger partial charge < -0.3 is 10.1 Å². The zero-order valence-corrected chi connectivity index (χ0v) is 10.9. The molecule has 1 aromatic carbocycles. The fraction of sp³-hybridized carbons (Fsp3) is 0.308. The number of carbonyl (C=O) groups is 1. The third kappa shape index (κ3) is 3.17. The molecule has 100 valence electrons. The molecular formula is C13H16N4O2. The second kappa shape index (κ2) is 6.10. The fourth-order valence-corrected chi connectivity index (χ4v) is 1.77. The molecule has 2 N–H and O–H groups in total. The molecule has 0 bridgehead atoms. The number of H-pyrrole nitrogens is 1. The first-order chi connectivity index (χ1) is 9.22. The molecule has 1 unspecified atom stereocenters. The lowest BCUT2D eigenvalue weighted by molar-refractivity contribution is 0.0599. The molecule has 0 spiro atoms. The number of aromatic amines is 1. The standard InChI is InChI=1S/C13H16N4O2/c1-9(12-15-8-16-17-12)14-7-10-5-3-4-6-11(10)13(18)19-2/h3-6,8-9,14H,7H2,1-2H3,(H,15,16,17). The van der Waals surface area contributed by atoms with Gasteiger partial charge in [-0.2, -0.15) is 5.10 Å².